The molecule has 0 atom stereocenters. The molecule has 0 spiro atoms. The summed E-state index contributed by atoms with van der Waals surface area (Å²) in [6.45, 7) is 6.20. The Kier molecular flexibility index (Phi) is 8.95. The zero-order chi connectivity index (χ0) is 33.4. The molecule has 2 aliphatic rings. The van der Waals surface area contributed by atoms with Crippen molar-refractivity contribution < 1.29 is 14.2 Å². The Labute approximate surface area is 277 Å². The molecule has 2 N–H and O–H groups in total. The molecule has 3 aromatic heterocycles. The van der Waals surface area contributed by atoms with Gasteiger partial charge in [-0.15, -0.1) is 0 Å². The highest BCUT2D eigenvalue weighted by Crippen LogP contribution is 2.31. The summed E-state index contributed by atoms with van der Waals surface area (Å²) in [5, 5.41) is 18.5. The molecule has 0 amide bonds. The van der Waals surface area contributed by atoms with E-state index in [-0.39, 0.29) is 28.9 Å². The normalized spacial score (nSPS) is 18.8. The van der Waals surface area contributed by atoms with E-state index in [4.69, 9.17) is 4.74 Å². The summed E-state index contributed by atoms with van der Waals surface area (Å²) in [6.07, 6.45) is 3.85. The fourth-order valence-electron chi connectivity index (χ4n) is 7.05. The van der Waals surface area contributed by atoms with Crippen LogP contribution in [-0.4, -0.2) is 66.3 Å². The summed E-state index contributed by atoms with van der Waals surface area (Å²) in [6, 6.07) is 15.9. The molecule has 7 rings (SSSR count). The second-order valence-corrected chi connectivity index (χ2v) is 12.9. The van der Waals surface area contributed by atoms with Gasteiger partial charge in [0, 0.05) is 51.0 Å². The number of aryl methyl sites for hydroxylation is 2. The lowest BCUT2D eigenvalue weighted by atomic mass is 9.91. The van der Waals surface area contributed by atoms with Crippen molar-refractivity contribution in [3.05, 3.63) is 104 Å². The summed E-state index contributed by atoms with van der Waals surface area (Å²) in [4.78, 5) is 34.7. The third-order valence-corrected chi connectivity index (χ3v) is 9.69. The molecule has 2 aromatic carbocycles. The molecule has 11 nitrogen and oxygen atoms in total. The summed E-state index contributed by atoms with van der Waals surface area (Å²) < 4.78 is 24.6. The van der Waals surface area contributed by atoms with Gasteiger partial charge in [-0.05, 0) is 85.7 Å². The number of rotatable bonds is 8. The van der Waals surface area contributed by atoms with E-state index in [2.05, 4.69) is 26.4 Å². The van der Waals surface area contributed by atoms with Crippen LogP contribution < -0.4 is 16.6 Å². The SMILES string of the molecule is Cc1cc(CN[C@H]2CC[C@@H](n3c(=O)c4cc(F)cnc4n(-c4cccc(-c5ccc(O)cc5CN5CCOCC5)c4)c3=O)CC2)nn1C. The zero-order valence-electron chi connectivity index (χ0n) is 27.2. The maximum Gasteiger partial charge on any atom is 0.337 e. The summed E-state index contributed by atoms with van der Waals surface area (Å²) in [5.41, 5.74) is 4.37. The number of morpholine rings is 1. The second kappa shape index (κ2) is 13.5. The van der Waals surface area contributed by atoms with Crippen molar-refractivity contribution in [2.24, 2.45) is 7.05 Å². The van der Waals surface area contributed by atoms with Gasteiger partial charge in [0.1, 0.15) is 11.6 Å². The van der Waals surface area contributed by atoms with Crippen molar-refractivity contribution in [2.45, 2.75) is 57.8 Å². The van der Waals surface area contributed by atoms with Crippen LogP contribution in [0.1, 0.15) is 48.7 Å². The maximum absolute atomic E-state index is 14.5. The first-order chi connectivity index (χ1) is 23.2. The van der Waals surface area contributed by atoms with Gasteiger partial charge in [0.05, 0.1) is 36.2 Å². The number of ether oxygens (including phenoxy) is 1. The molecule has 48 heavy (non-hydrogen) atoms. The van der Waals surface area contributed by atoms with Crippen LogP contribution in [0.3, 0.4) is 0 Å². The Balaban J connectivity index is 1.22. The van der Waals surface area contributed by atoms with Crippen LogP contribution in [0, 0.1) is 12.7 Å². The lowest BCUT2D eigenvalue weighted by molar-refractivity contribution is 0.0342. The van der Waals surface area contributed by atoms with Gasteiger partial charge in [-0.25, -0.2) is 18.7 Å². The average molecular weight is 654 g/mol. The molecular formula is C36H40FN7O4. The molecule has 0 radical (unpaired) electrons. The topological polar surface area (TPSA) is 119 Å². The van der Waals surface area contributed by atoms with E-state index in [0.29, 0.717) is 44.8 Å². The fraction of sp³-hybridized carbons (Fsp3) is 0.389. The highest BCUT2D eigenvalue weighted by atomic mass is 19.1. The predicted octanol–water partition coefficient (Wildman–Crippen LogP) is 4.21. The zero-order valence-corrected chi connectivity index (χ0v) is 27.2. The Hall–Kier alpha value is -4.65. The minimum Gasteiger partial charge on any atom is -0.508 e. The monoisotopic (exact) mass is 653 g/mol. The number of phenols is 1. The van der Waals surface area contributed by atoms with E-state index in [1.807, 2.05) is 42.9 Å². The fourth-order valence-corrected chi connectivity index (χ4v) is 7.05. The van der Waals surface area contributed by atoms with Gasteiger partial charge in [0.25, 0.3) is 5.56 Å². The first kappa shape index (κ1) is 31.9. The molecule has 1 aliphatic heterocycles. The van der Waals surface area contributed by atoms with Crippen LogP contribution in [0.15, 0.2) is 70.4 Å². The number of halogens is 1. The number of pyridine rings is 1. The highest BCUT2D eigenvalue weighted by Gasteiger charge is 2.27. The number of fused-ring (bicyclic) bond motifs is 1. The number of benzene rings is 2. The second-order valence-electron chi connectivity index (χ2n) is 12.9. The van der Waals surface area contributed by atoms with Crippen molar-refractivity contribution in [2.75, 3.05) is 26.3 Å². The number of aromatic hydroxyl groups is 1. The molecule has 250 valence electrons. The summed E-state index contributed by atoms with van der Waals surface area (Å²) in [7, 11) is 1.92. The lowest BCUT2D eigenvalue weighted by Crippen LogP contribution is -2.44. The van der Waals surface area contributed by atoms with E-state index >= 15 is 0 Å². The van der Waals surface area contributed by atoms with Crippen molar-refractivity contribution >= 4 is 11.0 Å². The van der Waals surface area contributed by atoms with Crippen molar-refractivity contribution in [1.29, 1.82) is 0 Å². The molecule has 12 heteroatoms. The van der Waals surface area contributed by atoms with Crippen LogP contribution in [-0.2, 0) is 24.9 Å². The predicted molar refractivity (Wildman–Crippen MR) is 181 cm³/mol. The van der Waals surface area contributed by atoms with E-state index in [1.54, 1.807) is 18.2 Å². The first-order valence-corrected chi connectivity index (χ1v) is 16.5. The minimum absolute atomic E-state index is 0.0587. The van der Waals surface area contributed by atoms with E-state index in [1.165, 1.54) is 15.2 Å². The van der Waals surface area contributed by atoms with Crippen LogP contribution in [0.5, 0.6) is 5.75 Å². The maximum atomic E-state index is 14.5. The van der Waals surface area contributed by atoms with Gasteiger partial charge in [-0.2, -0.15) is 5.10 Å². The van der Waals surface area contributed by atoms with Crippen molar-refractivity contribution in [3.63, 3.8) is 0 Å². The number of hydrogen-bond donors (Lipinski definition) is 2. The average Bonchev–Trinajstić information content (AvgIpc) is 3.41. The third kappa shape index (κ3) is 6.43. The van der Waals surface area contributed by atoms with Gasteiger partial charge in [-0.1, -0.05) is 18.2 Å². The Morgan fingerprint density at radius 2 is 1.81 bits per heavy atom. The molecule has 5 aromatic rings. The number of hydrogen-bond acceptors (Lipinski definition) is 8. The Morgan fingerprint density at radius 1 is 1.02 bits per heavy atom. The van der Waals surface area contributed by atoms with Gasteiger partial charge in [-0.3, -0.25) is 18.9 Å². The molecule has 1 saturated carbocycles. The van der Waals surface area contributed by atoms with Gasteiger partial charge >= 0.3 is 5.69 Å². The molecule has 4 heterocycles. The van der Waals surface area contributed by atoms with Crippen molar-refractivity contribution in [3.8, 4) is 22.6 Å². The molecular weight excluding hydrogens is 613 g/mol. The molecule has 1 saturated heterocycles. The van der Waals surface area contributed by atoms with Crippen molar-refractivity contribution in [1.82, 2.24) is 34.1 Å². The number of nitrogens with zero attached hydrogens (tertiary/aromatic N) is 6. The molecule has 0 bridgehead atoms. The van der Waals surface area contributed by atoms with E-state index in [9.17, 15) is 19.1 Å². The Bertz CT molecular complexity index is 2050. The smallest absolute Gasteiger partial charge is 0.337 e. The lowest BCUT2D eigenvalue weighted by Gasteiger charge is -2.30. The highest BCUT2D eigenvalue weighted by molar-refractivity contribution is 5.77. The quantitative estimate of drug-likeness (QED) is 0.256. The first-order valence-electron chi connectivity index (χ1n) is 16.5. The van der Waals surface area contributed by atoms with Gasteiger partial charge in [0.15, 0.2) is 5.65 Å². The number of nitrogens with one attached hydrogen (secondary N) is 1. The van der Waals surface area contributed by atoms with Crippen LogP contribution in [0.25, 0.3) is 27.8 Å². The van der Waals surface area contributed by atoms with E-state index < -0.39 is 17.1 Å². The van der Waals surface area contributed by atoms with Gasteiger partial charge in [0.2, 0.25) is 0 Å². The standard InChI is InChI=1S/C36H40FN7O4/c1-23-16-28(40-41(23)2)21-38-27-6-8-29(9-7-27)44-35(46)33-19-26(37)20-39-34(33)43(36(44)47)30-5-3-4-24(17-30)32-11-10-31(45)18-25(32)22-42-12-14-48-15-13-42/h3-5,10-11,16-20,27,29,38,45H,6-9,12-15,21-22H2,1-2H3/t27-,29+. The summed E-state index contributed by atoms with van der Waals surface area (Å²) >= 11 is 0. The largest absolute Gasteiger partial charge is 0.508 e. The number of aromatic nitrogens is 5. The third-order valence-electron chi connectivity index (χ3n) is 9.69. The van der Waals surface area contributed by atoms with Gasteiger partial charge < -0.3 is 15.2 Å². The van der Waals surface area contributed by atoms with Crippen LogP contribution >= 0.6 is 0 Å². The molecule has 0 unspecified atom stereocenters. The van der Waals surface area contributed by atoms with Crippen LogP contribution in [0.4, 0.5) is 4.39 Å². The van der Waals surface area contributed by atoms with E-state index in [0.717, 1.165) is 60.2 Å². The van der Waals surface area contributed by atoms with Crippen LogP contribution in [0.2, 0.25) is 0 Å². The molecule has 2 fully saturated rings. The summed E-state index contributed by atoms with van der Waals surface area (Å²) in [5.74, 6) is -0.463. The number of phenolic OH excluding ortho intramolecular Hbond substituents is 1. The minimum atomic E-state index is -0.639. The Morgan fingerprint density at radius 3 is 2.56 bits per heavy atom. The molecule has 1 aliphatic carbocycles.